The van der Waals surface area contributed by atoms with Crippen LogP contribution >= 0.6 is 0 Å². The van der Waals surface area contributed by atoms with Crippen LogP contribution in [0.15, 0.2) is 43.0 Å². The maximum atomic E-state index is 12.0. The van der Waals surface area contributed by atoms with Gasteiger partial charge in [0.15, 0.2) is 0 Å². The van der Waals surface area contributed by atoms with Gasteiger partial charge in [-0.05, 0) is 12.0 Å². The summed E-state index contributed by atoms with van der Waals surface area (Å²) in [6.45, 7) is 7.37. The average molecular weight is 232 g/mol. The van der Waals surface area contributed by atoms with Crippen molar-refractivity contribution in [1.82, 2.24) is 0 Å². The van der Waals surface area contributed by atoms with Crippen LogP contribution in [0.5, 0.6) is 0 Å². The van der Waals surface area contributed by atoms with Crippen molar-refractivity contribution in [3.63, 3.8) is 0 Å². The van der Waals surface area contributed by atoms with Crippen LogP contribution in [-0.4, -0.2) is 10.9 Å². The summed E-state index contributed by atoms with van der Waals surface area (Å²) >= 11 is 0. The molecular formula is C15H20O2. The minimum Gasteiger partial charge on any atom is -0.388 e. The highest BCUT2D eigenvalue weighted by molar-refractivity contribution is 5.83. The molecule has 0 heterocycles. The summed E-state index contributed by atoms with van der Waals surface area (Å²) in [6.07, 6.45) is 1.45. The maximum Gasteiger partial charge on any atom is 0.141 e. The van der Waals surface area contributed by atoms with Crippen LogP contribution in [0.4, 0.5) is 0 Å². The number of hydrogen-bond donors (Lipinski definition) is 1. The van der Waals surface area contributed by atoms with Gasteiger partial charge in [-0.25, -0.2) is 0 Å². The number of Topliss-reactive ketones (excluding diaryl/α,β-unsaturated/α-hetero) is 1. The van der Waals surface area contributed by atoms with Crippen LogP contribution in [0.25, 0.3) is 0 Å². The van der Waals surface area contributed by atoms with Gasteiger partial charge in [-0.15, -0.1) is 6.58 Å². The van der Waals surface area contributed by atoms with Gasteiger partial charge in [-0.3, -0.25) is 4.79 Å². The fraction of sp³-hybridized carbons (Fsp3) is 0.400. The van der Waals surface area contributed by atoms with Crippen LogP contribution in [0.3, 0.4) is 0 Å². The van der Waals surface area contributed by atoms with E-state index >= 15 is 0 Å². The smallest absolute Gasteiger partial charge is 0.141 e. The van der Waals surface area contributed by atoms with Gasteiger partial charge in [-0.2, -0.15) is 0 Å². The Labute approximate surface area is 103 Å². The molecule has 0 aliphatic heterocycles. The van der Waals surface area contributed by atoms with Gasteiger partial charge < -0.3 is 5.11 Å². The lowest BCUT2D eigenvalue weighted by atomic mass is 9.85. The first-order valence-corrected chi connectivity index (χ1v) is 5.95. The van der Waals surface area contributed by atoms with E-state index in [1.165, 1.54) is 0 Å². The first-order valence-electron chi connectivity index (χ1n) is 5.95. The van der Waals surface area contributed by atoms with Crippen molar-refractivity contribution in [2.75, 3.05) is 0 Å². The van der Waals surface area contributed by atoms with Gasteiger partial charge in [0, 0.05) is 5.92 Å². The van der Waals surface area contributed by atoms with Gasteiger partial charge >= 0.3 is 0 Å². The largest absolute Gasteiger partial charge is 0.388 e. The second kappa shape index (κ2) is 6.36. The summed E-state index contributed by atoms with van der Waals surface area (Å²) in [5.74, 6) is -0.380. The Bertz CT molecular complexity index is 368. The van der Waals surface area contributed by atoms with Gasteiger partial charge in [0.2, 0.25) is 0 Å². The molecule has 1 rings (SSSR count). The predicted molar refractivity (Wildman–Crippen MR) is 69.6 cm³/mol. The normalized spacial score (nSPS) is 14.4. The van der Waals surface area contributed by atoms with Crippen LogP contribution in [0.1, 0.15) is 31.9 Å². The molecule has 0 fully saturated rings. The molecule has 2 atom stereocenters. The number of ketones is 1. The van der Waals surface area contributed by atoms with Crippen molar-refractivity contribution in [2.45, 2.75) is 26.4 Å². The minimum absolute atomic E-state index is 0.0710. The van der Waals surface area contributed by atoms with Crippen molar-refractivity contribution in [3.8, 4) is 0 Å². The quantitative estimate of drug-likeness (QED) is 0.765. The molecule has 0 aromatic heterocycles. The summed E-state index contributed by atoms with van der Waals surface area (Å²) in [5, 5.41) is 10.3. The average Bonchev–Trinajstić information content (AvgIpc) is 2.35. The van der Waals surface area contributed by atoms with Gasteiger partial charge in [-0.1, -0.05) is 50.3 Å². The third-order valence-electron chi connectivity index (χ3n) is 2.88. The minimum atomic E-state index is -0.746. The Balaban J connectivity index is 2.91. The number of allylic oxidation sites excluding steroid dienone is 1. The SMILES string of the molecule is C=CC[C@H](C(=O)C(C)C)[C@@H](O)c1ccccc1. The van der Waals surface area contributed by atoms with E-state index in [0.717, 1.165) is 5.56 Å². The third-order valence-corrected chi connectivity index (χ3v) is 2.88. The lowest BCUT2D eigenvalue weighted by molar-refractivity contribution is -0.129. The number of hydrogen-bond acceptors (Lipinski definition) is 2. The lowest BCUT2D eigenvalue weighted by Gasteiger charge is -2.22. The molecule has 0 radical (unpaired) electrons. The Morgan fingerprint density at radius 2 is 1.94 bits per heavy atom. The molecule has 2 nitrogen and oxygen atoms in total. The Hall–Kier alpha value is -1.41. The summed E-state index contributed by atoms with van der Waals surface area (Å²) in [5.41, 5.74) is 0.786. The van der Waals surface area contributed by atoms with E-state index in [0.29, 0.717) is 6.42 Å². The molecule has 0 amide bonds. The van der Waals surface area contributed by atoms with E-state index in [1.54, 1.807) is 6.08 Å². The highest BCUT2D eigenvalue weighted by atomic mass is 16.3. The fourth-order valence-electron chi connectivity index (χ4n) is 1.89. The molecule has 0 saturated heterocycles. The van der Waals surface area contributed by atoms with E-state index in [2.05, 4.69) is 6.58 Å². The van der Waals surface area contributed by atoms with Gasteiger partial charge in [0.1, 0.15) is 5.78 Å². The van der Waals surface area contributed by atoms with E-state index in [4.69, 9.17) is 0 Å². The van der Waals surface area contributed by atoms with Crippen molar-refractivity contribution >= 4 is 5.78 Å². The molecule has 0 aliphatic rings. The molecule has 0 saturated carbocycles. The topological polar surface area (TPSA) is 37.3 Å². The molecule has 1 aromatic rings. The van der Waals surface area contributed by atoms with Gasteiger partial charge in [0.05, 0.1) is 12.0 Å². The highest BCUT2D eigenvalue weighted by Crippen LogP contribution is 2.27. The molecule has 1 N–H and O–H groups in total. The number of aliphatic hydroxyl groups is 1. The Morgan fingerprint density at radius 3 is 2.41 bits per heavy atom. The second-order valence-electron chi connectivity index (χ2n) is 4.54. The zero-order valence-electron chi connectivity index (χ0n) is 10.5. The van der Waals surface area contributed by atoms with Crippen LogP contribution in [0, 0.1) is 11.8 Å². The molecule has 2 heteroatoms. The molecule has 1 aromatic carbocycles. The van der Waals surface area contributed by atoms with Crippen molar-refractivity contribution in [1.29, 1.82) is 0 Å². The molecular weight excluding hydrogens is 212 g/mol. The molecule has 0 unspecified atom stereocenters. The maximum absolute atomic E-state index is 12.0. The van der Waals surface area contributed by atoms with Crippen molar-refractivity contribution in [3.05, 3.63) is 48.6 Å². The highest BCUT2D eigenvalue weighted by Gasteiger charge is 2.28. The monoisotopic (exact) mass is 232 g/mol. The molecule has 0 spiro atoms. The molecule has 0 aliphatic carbocycles. The molecule has 0 bridgehead atoms. The molecule has 92 valence electrons. The van der Waals surface area contributed by atoms with Crippen LogP contribution in [0.2, 0.25) is 0 Å². The summed E-state index contributed by atoms with van der Waals surface area (Å²) in [6, 6.07) is 9.30. The summed E-state index contributed by atoms with van der Waals surface area (Å²) < 4.78 is 0. The number of aliphatic hydroxyl groups excluding tert-OH is 1. The summed E-state index contributed by atoms with van der Waals surface area (Å²) in [4.78, 5) is 12.0. The van der Waals surface area contributed by atoms with E-state index < -0.39 is 12.0 Å². The van der Waals surface area contributed by atoms with E-state index in [1.807, 2.05) is 44.2 Å². The zero-order valence-corrected chi connectivity index (χ0v) is 10.5. The lowest BCUT2D eigenvalue weighted by Crippen LogP contribution is -2.25. The standard InChI is InChI=1S/C15H20O2/c1-4-8-13(14(16)11(2)3)15(17)12-9-6-5-7-10-12/h4-7,9-11,13,15,17H,1,8H2,2-3H3/t13-,15+/m1/s1. The first-order chi connectivity index (χ1) is 8.07. The van der Waals surface area contributed by atoms with E-state index in [9.17, 15) is 9.90 Å². The summed E-state index contributed by atoms with van der Waals surface area (Å²) in [7, 11) is 0. The molecule has 17 heavy (non-hydrogen) atoms. The first kappa shape index (κ1) is 13.7. The number of carbonyl (C=O) groups is 1. The zero-order chi connectivity index (χ0) is 12.8. The Morgan fingerprint density at radius 1 is 1.35 bits per heavy atom. The third kappa shape index (κ3) is 3.53. The number of benzene rings is 1. The van der Waals surface area contributed by atoms with Gasteiger partial charge in [0.25, 0.3) is 0 Å². The predicted octanol–water partition coefficient (Wildman–Crippen LogP) is 3.14. The van der Waals surface area contributed by atoms with Crippen molar-refractivity contribution in [2.24, 2.45) is 11.8 Å². The van der Waals surface area contributed by atoms with E-state index in [-0.39, 0.29) is 11.7 Å². The fourth-order valence-corrected chi connectivity index (χ4v) is 1.89. The van der Waals surface area contributed by atoms with Crippen LogP contribution in [-0.2, 0) is 4.79 Å². The number of carbonyl (C=O) groups excluding carboxylic acids is 1. The number of rotatable bonds is 6. The van der Waals surface area contributed by atoms with Crippen molar-refractivity contribution < 1.29 is 9.90 Å². The Kier molecular flexibility index (Phi) is 5.11. The second-order valence-corrected chi connectivity index (χ2v) is 4.54. The van der Waals surface area contributed by atoms with Crippen LogP contribution < -0.4 is 0 Å².